The Morgan fingerprint density at radius 3 is 2.34 bits per heavy atom. The fourth-order valence-electron chi connectivity index (χ4n) is 3.22. The van der Waals surface area contributed by atoms with Gasteiger partial charge in [-0.25, -0.2) is 10.2 Å². The molecule has 0 fully saturated rings. The molecule has 0 spiro atoms. The lowest BCUT2D eigenvalue weighted by molar-refractivity contribution is -0.121. The van der Waals surface area contributed by atoms with Gasteiger partial charge in [-0.1, -0.05) is 30.3 Å². The Bertz CT molecular complexity index is 1180. The van der Waals surface area contributed by atoms with E-state index >= 15 is 0 Å². The van der Waals surface area contributed by atoms with Gasteiger partial charge in [0.2, 0.25) is 5.91 Å². The van der Waals surface area contributed by atoms with Gasteiger partial charge >= 0.3 is 5.97 Å². The second-order valence-electron chi connectivity index (χ2n) is 7.38. The number of carbonyl (C=O) groups excluding carboxylic acids is 2. The Labute approximate surface area is 204 Å². The van der Waals surface area contributed by atoms with E-state index < -0.39 is 5.97 Å². The number of hydrazone groups is 1. The van der Waals surface area contributed by atoms with Crippen LogP contribution in [0.3, 0.4) is 0 Å². The van der Waals surface area contributed by atoms with E-state index in [0.717, 1.165) is 5.56 Å². The van der Waals surface area contributed by atoms with Gasteiger partial charge in [0.25, 0.3) is 0 Å². The number of hydrogen-bond acceptors (Lipinski definition) is 7. The smallest absolute Gasteiger partial charge is 0.343 e. The molecular weight excluding hydrogens is 448 g/mol. The van der Waals surface area contributed by atoms with Gasteiger partial charge in [-0.15, -0.1) is 0 Å². The molecule has 182 valence electrons. The third-order valence-electron chi connectivity index (χ3n) is 4.98. The number of methoxy groups -OCH3 is 2. The summed E-state index contributed by atoms with van der Waals surface area (Å²) >= 11 is 0. The number of amides is 1. The van der Waals surface area contributed by atoms with Gasteiger partial charge in [0.05, 0.1) is 32.6 Å². The molecule has 0 bridgehead atoms. The minimum absolute atomic E-state index is 0.185. The molecule has 1 N–H and O–H groups in total. The summed E-state index contributed by atoms with van der Waals surface area (Å²) in [6.45, 7) is 2.20. The minimum atomic E-state index is -0.570. The Morgan fingerprint density at radius 1 is 0.886 bits per heavy atom. The van der Waals surface area contributed by atoms with E-state index in [2.05, 4.69) is 10.5 Å². The van der Waals surface area contributed by atoms with Crippen molar-refractivity contribution in [2.75, 3.05) is 20.8 Å². The highest BCUT2D eigenvalue weighted by atomic mass is 16.6. The Morgan fingerprint density at radius 2 is 1.63 bits per heavy atom. The van der Waals surface area contributed by atoms with E-state index in [4.69, 9.17) is 18.9 Å². The summed E-state index contributed by atoms with van der Waals surface area (Å²) < 4.78 is 21.6. The zero-order chi connectivity index (χ0) is 25.0. The highest BCUT2D eigenvalue weighted by Crippen LogP contribution is 2.31. The lowest BCUT2D eigenvalue weighted by Gasteiger charge is -2.12. The standard InChI is InChI=1S/C27H28N2O6/c1-4-34-25-16-20(18-28-29-26(30)15-11-19-8-6-5-7-9-19)10-13-23(25)35-27(31)21-12-14-22(32-2)24(17-21)33-3/h5-10,12-14,16-18H,4,11,15H2,1-3H3,(H,29,30). The van der Waals surface area contributed by atoms with Crippen molar-refractivity contribution in [3.8, 4) is 23.0 Å². The SMILES string of the molecule is CCOc1cc(C=NNC(=O)CCc2ccccc2)ccc1OC(=O)c1ccc(OC)c(OC)c1. The van der Waals surface area contributed by atoms with Crippen LogP contribution in [0.15, 0.2) is 71.8 Å². The van der Waals surface area contributed by atoms with Crippen molar-refractivity contribution in [1.29, 1.82) is 0 Å². The number of carbonyl (C=O) groups is 2. The van der Waals surface area contributed by atoms with Gasteiger partial charge in [-0.3, -0.25) is 4.79 Å². The molecular formula is C27H28N2O6. The monoisotopic (exact) mass is 476 g/mol. The third-order valence-corrected chi connectivity index (χ3v) is 4.98. The molecule has 3 aromatic carbocycles. The highest BCUT2D eigenvalue weighted by molar-refractivity contribution is 5.92. The van der Waals surface area contributed by atoms with Crippen LogP contribution in [0.1, 0.15) is 34.8 Å². The van der Waals surface area contributed by atoms with Crippen LogP contribution in [-0.4, -0.2) is 38.9 Å². The first-order valence-corrected chi connectivity index (χ1v) is 11.1. The van der Waals surface area contributed by atoms with Crippen molar-refractivity contribution >= 4 is 18.1 Å². The van der Waals surface area contributed by atoms with Crippen LogP contribution in [0.4, 0.5) is 0 Å². The maximum atomic E-state index is 12.7. The molecule has 3 rings (SSSR count). The predicted molar refractivity (Wildman–Crippen MR) is 133 cm³/mol. The van der Waals surface area contributed by atoms with Gasteiger partial charge < -0.3 is 18.9 Å². The molecule has 0 aliphatic rings. The van der Waals surface area contributed by atoms with Gasteiger partial charge in [-0.2, -0.15) is 5.10 Å². The van der Waals surface area contributed by atoms with E-state index in [9.17, 15) is 9.59 Å². The van der Waals surface area contributed by atoms with Gasteiger partial charge in [-0.05, 0) is 60.9 Å². The molecule has 8 nitrogen and oxygen atoms in total. The first kappa shape index (κ1) is 25.3. The zero-order valence-corrected chi connectivity index (χ0v) is 19.9. The first-order valence-electron chi connectivity index (χ1n) is 11.1. The number of aryl methyl sites for hydroxylation is 1. The Hall–Kier alpha value is -4.33. The van der Waals surface area contributed by atoms with Crippen LogP contribution in [-0.2, 0) is 11.2 Å². The second kappa shape index (κ2) is 12.8. The number of esters is 1. The molecule has 0 aliphatic heterocycles. The maximum absolute atomic E-state index is 12.7. The molecule has 0 saturated carbocycles. The number of nitrogens with zero attached hydrogens (tertiary/aromatic N) is 1. The van der Waals surface area contributed by atoms with Crippen molar-refractivity contribution in [2.45, 2.75) is 19.8 Å². The number of rotatable bonds is 11. The van der Waals surface area contributed by atoms with Crippen LogP contribution in [0, 0.1) is 0 Å². The molecule has 3 aromatic rings. The quantitative estimate of drug-likeness (QED) is 0.191. The molecule has 35 heavy (non-hydrogen) atoms. The topological polar surface area (TPSA) is 95.5 Å². The first-order chi connectivity index (χ1) is 17.0. The maximum Gasteiger partial charge on any atom is 0.343 e. The minimum Gasteiger partial charge on any atom is -0.493 e. The molecule has 0 unspecified atom stereocenters. The third kappa shape index (κ3) is 7.33. The van der Waals surface area contributed by atoms with Crippen LogP contribution in [0.5, 0.6) is 23.0 Å². The zero-order valence-electron chi connectivity index (χ0n) is 19.9. The van der Waals surface area contributed by atoms with Crippen LogP contribution in [0.25, 0.3) is 0 Å². The summed E-state index contributed by atoms with van der Waals surface area (Å²) in [7, 11) is 3.01. The van der Waals surface area contributed by atoms with E-state index in [0.29, 0.717) is 47.8 Å². The van der Waals surface area contributed by atoms with Crippen molar-refractivity contribution < 1.29 is 28.5 Å². The second-order valence-corrected chi connectivity index (χ2v) is 7.38. The summed E-state index contributed by atoms with van der Waals surface area (Å²) in [6, 6.07) is 19.5. The van der Waals surface area contributed by atoms with E-state index in [-0.39, 0.29) is 11.7 Å². The van der Waals surface area contributed by atoms with E-state index in [1.54, 1.807) is 36.4 Å². The lowest BCUT2D eigenvalue weighted by atomic mass is 10.1. The van der Waals surface area contributed by atoms with Crippen molar-refractivity contribution in [2.24, 2.45) is 5.10 Å². The lowest BCUT2D eigenvalue weighted by Crippen LogP contribution is -2.17. The molecule has 1 amide bonds. The number of ether oxygens (including phenoxy) is 4. The summed E-state index contributed by atoms with van der Waals surface area (Å²) in [5.41, 5.74) is 4.58. The van der Waals surface area contributed by atoms with Crippen LogP contribution < -0.4 is 24.4 Å². The van der Waals surface area contributed by atoms with Crippen LogP contribution >= 0.6 is 0 Å². The predicted octanol–water partition coefficient (Wildman–Crippen LogP) is 4.40. The average Bonchev–Trinajstić information content (AvgIpc) is 2.89. The number of nitrogens with one attached hydrogen (secondary N) is 1. The van der Waals surface area contributed by atoms with E-state index in [1.165, 1.54) is 20.4 Å². The number of benzene rings is 3. The van der Waals surface area contributed by atoms with Crippen molar-refractivity contribution in [3.05, 3.63) is 83.4 Å². The van der Waals surface area contributed by atoms with Crippen LogP contribution in [0.2, 0.25) is 0 Å². The molecule has 8 heteroatoms. The molecule has 0 radical (unpaired) electrons. The van der Waals surface area contributed by atoms with Gasteiger partial charge in [0.1, 0.15) is 0 Å². The van der Waals surface area contributed by atoms with Gasteiger partial charge in [0, 0.05) is 6.42 Å². The summed E-state index contributed by atoms with van der Waals surface area (Å²) in [5, 5.41) is 4.02. The molecule has 0 aromatic heterocycles. The Balaban J connectivity index is 1.63. The average molecular weight is 477 g/mol. The summed E-state index contributed by atoms with van der Waals surface area (Å²) in [5.74, 6) is 0.810. The summed E-state index contributed by atoms with van der Waals surface area (Å²) in [6.07, 6.45) is 2.47. The normalized spacial score (nSPS) is 10.6. The highest BCUT2D eigenvalue weighted by Gasteiger charge is 2.16. The molecule has 0 saturated heterocycles. The molecule has 0 heterocycles. The largest absolute Gasteiger partial charge is 0.493 e. The summed E-state index contributed by atoms with van der Waals surface area (Å²) in [4.78, 5) is 24.7. The fraction of sp³-hybridized carbons (Fsp3) is 0.222. The number of hydrogen-bond donors (Lipinski definition) is 1. The van der Waals surface area contributed by atoms with E-state index in [1.807, 2.05) is 37.3 Å². The van der Waals surface area contributed by atoms with Crippen molar-refractivity contribution in [3.63, 3.8) is 0 Å². The molecule has 0 aliphatic carbocycles. The van der Waals surface area contributed by atoms with Crippen molar-refractivity contribution in [1.82, 2.24) is 5.43 Å². The fourth-order valence-corrected chi connectivity index (χ4v) is 3.22. The van der Waals surface area contributed by atoms with Gasteiger partial charge in [0.15, 0.2) is 23.0 Å². The molecule has 0 atom stereocenters. The Kier molecular flexibility index (Phi) is 9.24.